The van der Waals surface area contributed by atoms with Gasteiger partial charge in [-0.25, -0.2) is 8.78 Å². The highest BCUT2D eigenvalue weighted by Crippen LogP contribution is 2.13. The van der Waals surface area contributed by atoms with Gasteiger partial charge in [-0.2, -0.15) is 0 Å². The molecule has 0 radical (unpaired) electrons. The van der Waals surface area contributed by atoms with Crippen molar-refractivity contribution in [2.24, 2.45) is 0 Å². The number of halogens is 2. The molecule has 2 heterocycles. The first-order valence-corrected chi connectivity index (χ1v) is 10.5. The summed E-state index contributed by atoms with van der Waals surface area (Å²) in [5.41, 5.74) is 0.108. The highest BCUT2D eigenvalue weighted by Gasteiger charge is 2.22. The second kappa shape index (κ2) is 10.6. The van der Waals surface area contributed by atoms with Crippen molar-refractivity contribution in [1.29, 1.82) is 0 Å². The van der Waals surface area contributed by atoms with Gasteiger partial charge in [-0.3, -0.25) is 9.59 Å². The van der Waals surface area contributed by atoms with E-state index in [-0.39, 0.29) is 30.3 Å². The topological polar surface area (TPSA) is 55.9 Å². The lowest BCUT2D eigenvalue weighted by molar-refractivity contribution is -0.131. The molecule has 3 rings (SSSR count). The zero-order valence-electron chi connectivity index (χ0n) is 16.8. The first-order chi connectivity index (χ1) is 14.0. The van der Waals surface area contributed by atoms with Gasteiger partial charge in [0.05, 0.1) is 0 Å². The molecule has 0 atom stereocenters. The van der Waals surface area contributed by atoms with E-state index in [0.29, 0.717) is 19.6 Å². The molecule has 2 aliphatic rings. The van der Waals surface area contributed by atoms with Crippen LogP contribution in [0.1, 0.15) is 36.0 Å². The molecule has 0 aliphatic carbocycles. The fraction of sp³-hybridized carbons (Fsp3) is 0.619. The van der Waals surface area contributed by atoms with Gasteiger partial charge in [0, 0.05) is 57.8 Å². The van der Waals surface area contributed by atoms with Crippen molar-refractivity contribution in [3.63, 3.8) is 0 Å². The molecule has 0 bridgehead atoms. The number of likely N-dealkylation sites (tertiary alicyclic amines) is 1. The van der Waals surface area contributed by atoms with Crippen LogP contribution in [-0.4, -0.2) is 85.4 Å². The van der Waals surface area contributed by atoms with Gasteiger partial charge in [0.25, 0.3) is 5.91 Å². The molecule has 1 N–H and O–H groups in total. The maximum atomic E-state index is 13.6. The van der Waals surface area contributed by atoms with Crippen LogP contribution in [-0.2, 0) is 4.79 Å². The Morgan fingerprint density at radius 2 is 1.69 bits per heavy atom. The summed E-state index contributed by atoms with van der Waals surface area (Å²) in [5, 5.41) is 3.21. The van der Waals surface area contributed by atoms with Crippen molar-refractivity contribution in [3.8, 4) is 0 Å². The Bertz CT molecular complexity index is 704. The molecule has 0 spiro atoms. The molecule has 2 amide bonds. The van der Waals surface area contributed by atoms with E-state index in [1.807, 2.05) is 0 Å². The number of rotatable bonds is 7. The highest BCUT2D eigenvalue weighted by atomic mass is 19.2. The number of piperazine rings is 1. The third-order valence-electron chi connectivity index (χ3n) is 5.65. The summed E-state index contributed by atoms with van der Waals surface area (Å²) in [7, 11) is 0. The number of hydrogen-bond acceptors (Lipinski definition) is 4. The van der Waals surface area contributed by atoms with E-state index in [9.17, 15) is 18.4 Å². The van der Waals surface area contributed by atoms with E-state index in [1.165, 1.54) is 12.5 Å². The first kappa shape index (κ1) is 21.6. The van der Waals surface area contributed by atoms with Crippen LogP contribution in [0.15, 0.2) is 18.2 Å². The predicted octanol–water partition coefficient (Wildman–Crippen LogP) is 1.71. The Balaban J connectivity index is 1.63. The van der Waals surface area contributed by atoms with Crippen molar-refractivity contribution >= 4 is 11.8 Å². The van der Waals surface area contributed by atoms with E-state index in [1.54, 1.807) is 9.80 Å². The Morgan fingerprint density at radius 1 is 0.966 bits per heavy atom. The molecule has 1 aromatic carbocycles. The SMILES string of the molecule is O=C(CCN(CCN1CCCCC1)C(=O)c1ccc(F)c(F)c1)N1CCNCC1. The van der Waals surface area contributed by atoms with Crippen LogP contribution >= 0.6 is 0 Å². The third-order valence-corrected chi connectivity index (χ3v) is 5.65. The van der Waals surface area contributed by atoms with Crippen LogP contribution in [0, 0.1) is 11.6 Å². The number of piperidine rings is 1. The van der Waals surface area contributed by atoms with E-state index in [4.69, 9.17) is 0 Å². The number of benzene rings is 1. The lowest BCUT2D eigenvalue weighted by Crippen LogP contribution is -2.47. The Labute approximate surface area is 170 Å². The molecule has 2 aliphatic heterocycles. The number of hydrogen-bond donors (Lipinski definition) is 1. The van der Waals surface area contributed by atoms with Crippen molar-refractivity contribution in [1.82, 2.24) is 20.0 Å². The lowest BCUT2D eigenvalue weighted by atomic mass is 10.1. The summed E-state index contributed by atoms with van der Waals surface area (Å²) in [5.74, 6) is -2.36. The van der Waals surface area contributed by atoms with E-state index in [2.05, 4.69) is 10.2 Å². The second-order valence-corrected chi connectivity index (χ2v) is 7.70. The third kappa shape index (κ3) is 6.21. The normalized spacial score (nSPS) is 17.9. The van der Waals surface area contributed by atoms with Gasteiger partial charge < -0.3 is 20.0 Å². The van der Waals surface area contributed by atoms with Crippen molar-refractivity contribution in [3.05, 3.63) is 35.4 Å². The Hall–Kier alpha value is -2.06. The summed E-state index contributed by atoms with van der Waals surface area (Å²) in [6, 6.07) is 3.20. The summed E-state index contributed by atoms with van der Waals surface area (Å²) in [6.07, 6.45) is 3.76. The maximum Gasteiger partial charge on any atom is 0.254 e. The summed E-state index contributed by atoms with van der Waals surface area (Å²) >= 11 is 0. The monoisotopic (exact) mass is 408 g/mol. The van der Waals surface area contributed by atoms with Crippen LogP contribution < -0.4 is 5.32 Å². The van der Waals surface area contributed by atoms with Gasteiger partial charge in [0.2, 0.25) is 5.91 Å². The van der Waals surface area contributed by atoms with Crippen LogP contribution in [0.25, 0.3) is 0 Å². The fourth-order valence-corrected chi connectivity index (χ4v) is 3.87. The molecule has 0 aromatic heterocycles. The molecule has 0 saturated carbocycles. The average molecular weight is 408 g/mol. The molecule has 2 saturated heterocycles. The van der Waals surface area contributed by atoms with Gasteiger partial charge >= 0.3 is 0 Å². The standard InChI is InChI=1S/C21H30F2N4O2/c22-18-5-4-17(16-19(18)23)21(29)27(15-14-25-9-2-1-3-10-25)11-6-20(28)26-12-7-24-8-13-26/h4-5,16,24H,1-3,6-15H2. The summed E-state index contributed by atoms with van der Waals surface area (Å²) in [6.45, 7) is 6.36. The zero-order chi connectivity index (χ0) is 20.6. The Kier molecular flexibility index (Phi) is 7.94. The quantitative estimate of drug-likeness (QED) is 0.747. The lowest BCUT2D eigenvalue weighted by Gasteiger charge is -2.31. The van der Waals surface area contributed by atoms with E-state index >= 15 is 0 Å². The van der Waals surface area contributed by atoms with Crippen LogP contribution in [0.5, 0.6) is 0 Å². The Morgan fingerprint density at radius 3 is 2.38 bits per heavy atom. The fourth-order valence-electron chi connectivity index (χ4n) is 3.87. The minimum atomic E-state index is -1.04. The van der Waals surface area contributed by atoms with Gasteiger partial charge in [0.15, 0.2) is 11.6 Å². The predicted molar refractivity (Wildman–Crippen MR) is 107 cm³/mol. The summed E-state index contributed by atoms with van der Waals surface area (Å²) in [4.78, 5) is 31.2. The minimum absolute atomic E-state index is 0.0209. The van der Waals surface area contributed by atoms with E-state index in [0.717, 1.165) is 57.7 Å². The number of amides is 2. The first-order valence-electron chi connectivity index (χ1n) is 10.5. The minimum Gasteiger partial charge on any atom is -0.340 e. The van der Waals surface area contributed by atoms with Crippen LogP contribution in [0.3, 0.4) is 0 Å². The average Bonchev–Trinajstić information content (AvgIpc) is 2.76. The molecular weight excluding hydrogens is 378 g/mol. The smallest absolute Gasteiger partial charge is 0.254 e. The molecular formula is C21H30F2N4O2. The largest absolute Gasteiger partial charge is 0.340 e. The zero-order valence-corrected chi connectivity index (χ0v) is 16.8. The number of carbonyl (C=O) groups is 2. The number of nitrogens with zero attached hydrogens (tertiary/aromatic N) is 3. The molecule has 8 heteroatoms. The molecule has 0 unspecified atom stereocenters. The van der Waals surface area contributed by atoms with Crippen molar-refractivity contribution in [2.45, 2.75) is 25.7 Å². The second-order valence-electron chi connectivity index (χ2n) is 7.70. The molecule has 6 nitrogen and oxygen atoms in total. The molecule has 160 valence electrons. The molecule has 29 heavy (non-hydrogen) atoms. The number of nitrogens with one attached hydrogen (secondary N) is 1. The van der Waals surface area contributed by atoms with Crippen LogP contribution in [0.4, 0.5) is 8.78 Å². The molecule has 2 fully saturated rings. The van der Waals surface area contributed by atoms with Gasteiger partial charge in [-0.1, -0.05) is 6.42 Å². The number of carbonyl (C=O) groups excluding carboxylic acids is 2. The van der Waals surface area contributed by atoms with Gasteiger partial charge in [0.1, 0.15) is 0 Å². The van der Waals surface area contributed by atoms with Crippen molar-refractivity contribution < 1.29 is 18.4 Å². The highest BCUT2D eigenvalue weighted by molar-refractivity contribution is 5.94. The van der Waals surface area contributed by atoms with Crippen LogP contribution in [0.2, 0.25) is 0 Å². The summed E-state index contributed by atoms with van der Waals surface area (Å²) < 4.78 is 26.9. The van der Waals surface area contributed by atoms with E-state index < -0.39 is 11.6 Å². The molecule has 1 aromatic rings. The maximum absolute atomic E-state index is 13.6. The van der Waals surface area contributed by atoms with Gasteiger partial charge in [-0.15, -0.1) is 0 Å². The van der Waals surface area contributed by atoms with Gasteiger partial charge in [-0.05, 0) is 44.1 Å². The van der Waals surface area contributed by atoms with Crippen molar-refractivity contribution in [2.75, 3.05) is 58.9 Å².